The summed E-state index contributed by atoms with van der Waals surface area (Å²) in [6, 6.07) is 3.22. The summed E-state index contributed by atoms with van der Waals surface area (Å²) in [6.45, 7) is 4.03. The van der Waals surface area contributed by atoms with E-state index in [2.05, 4.69) is 10.3 Å². The summed E-state index contributed by atoms with van der Waals surface area (Å²) < 4.78 is 15.8. The number of benzene rings is 1. The fourth-order valence-corrected chi connectivity index (χ4v) is 3.09. The minimum Gasteiger partial charge on any atom is -0.493 e. The standard InChI is InChI=1S/C16H20N2O4S/c1-6-11-9(2)23-16(17-11)18-15(19)10-7-12(20-3)14(22-5)13(8-10)21-4/h7-8H,6H2,1-5H3,(H,17,18,19). The number of rotatable bonds is 6. The van der Waals surface area contributed by atoms with Crippen molar-refractivity contribution in [3.63, 3.8) is 0 Å². The Hall–Kier alpha value is -2.28. The van der Waals surface area contributed by atoms with Crippen LogP contribution in [0.2, 0.25) is 0 Å². The summed E-state index contributed by atoms with van der Waals surface area (Å²) in [5, 5.41) is 3.39. The Morgan fingerprint density at radius 1 is 1.17 bits per heavy atom. The van der Waals surface area contributed by atoms with Crippen molar-refractivity contribution >= 4 is 22.4 Å². The zero-order chi connectivity index (χ0) is 17.0. The van der Waals surface area contributed by atoms with Gasteiger partial charge in [0.1, 0.15) is 0 Å². The van der Waals surface area contributed by atoms with Gasteiger partial charge in [0, 0.05) is 10.4 Å². The van der Waals surface area contributed by atoms with E-state index < -0.39 is 0 Å². The van der Waals surface area contributed by atoms with Crippen molar-refractivity contribution in [2.45, 2.75) is 20.3 Å². The molecule has 23 heavy (non-hydrogen) atoms. The van der Waals surface area contributed by atoms with Crippen molar-refractivity contribution in [3.8, 4) is 17.2 Å². The topological polar surface area (TPSA) is 69.7 Å². The number of aryl methyl sites for hydroxylation is 2. The maximum atomic E-state index is 12.5. The third kappa shape index (κ3) is 3.56. The van der Waals surface area contributed by atoms with Crippen LogP contribution in [0.4, 0.5) is 5.13 Å². The average Bonchev–Trinajstić information content (AvgIpc) is 2.92. The van der Waals surface area contributed by atoms with E-state index in [0.717, 1.165) is 17.0 Å². The normalized spacial score (nSPS) is 10.3. The largest absolute Gasteiger partial charge is 0.493 e. The van der Waals surface area contributed by atoms with Gasteiger partial charge in [-0.25, -0.2) is 4.98 Å². The van der Waals surface area contributed by atoms with Crippen molar-refractivity contribution in [3.05, 3.63) is 28.3 Å². The lowest BCUT2D eigenvalue weighted by Crippen LogP contribution is -2.12. The highest BCUT2D eigenvalue weighted by Crippen LogP contribution is 2.38. The molecule has 0 atom stereocenters. The highest BCUT2D eigenvalue weighted by atomic mass is 32.1. The highest BCUT2D eigenvalue weighted by molar-refractivity contribution is 7.15. The van der Waals surface area contributed by atoms with Gasteiger partial charge in [-0.2, -0.15) is 0 Å². The summed E-state index contributed by atoms with van der Waals surface area (Å²) in [7, 11) is 4.54. The Balaban J connectivity index is 2.31. The summed E-state index contributed by atoms with van der Waals surface area (Å²) in [4.78, 5) is 18.0. The molecule has 1 aromatic carbocycles. The fourth-order valence-electron chi connectivity index (χ4n) is 2.19. The molecule has 0 unspecified atom stereocenters. The molecule has 7 heteroatoms. The molecule has 2 rings (SSSR count). The minimum absolute atomic E-state index is 0.277. The molecule has 1 N–H and O–H groups in total. The smallest absolute Gasteiger partial charge is 0.257 e. The number of hydrogen-bond acceptors (Lipinski definition) is 6. The molecule has 0 aliphatic rings. The van der Waals surface area contributed by atoms with Crippen molar-refractivity contribution in [1.29, 1.82) is 0 Å². The maximum absolute atomic E-state index is 12.5. The Morgan fingerprint density at radius 3 is 2.22 bits per heavy atom. The van der Waals surface area contributed by atoms with Crippen molar-refractivity contribution in [2.24, 2.45) is 0 Å². The number of aromatic nitrogens is 1. The van der Waals surface area contributed by atoms with Gasteiger partial charge in [0.25, 0.3) is 5.91 Å². The van der Waals surface area contributed by atoms with Crippen LogP contribution in [0.25, 0.3) is 0 Å². The maximum Gasteiger partial charge on any atom is 0.257 e. The predicted octanol–water partition coefficient (Wildman–Crippen LogP) is 3.29. The monoisotopic (exact) mass is 336 g/mol. The van der Waals surface area contributed by atoms with Gasteiger partial charge in [-0.15, -0.1) is 11.3 Å². The Kier molecular flexibility index (Phi) is 5.44. The molecule has 6 nitrogen and oxygen atoms in total. The van der Waals surface area contributed by atoms with Crippen molar-refractivity contribution < 1.29 is 19.0 Å². The molecule has 0 saturated heterocycles. The Labute approximate surface area is 139 Å². The second-order valence-corrected chi connectivity index (χ2v) is 5.95. The lowest BCUT2D eigenvalue weighted by Gasteiger charge is -2.13. The van der Waals surface area contributed by atoms with Gasteiger partial charge < -0.3 is 14.2 Å². The van der Waals surface area contributed by atoms with Gasteiger partial charge in [-0.05, 0) is 25.5 Å². The van der Waals surface area contributed by atoms with Crippen LogP contribution in [-0.4, -0.2) is 32.2 Å². The molecule has 0 bridgehead atoms. The van der Waals surface area contributed by atoms with E-state index in [4.69, 9.17) is 14.2 Å². The van der Waals surface area contributed by atoms with Crippen LogP contribution in [0, 0.1) is 6.92 Å². The number of nitrogens with zero attached hydrogens (tertiary/aromatic N) is 1. The third-order valence-electron chi connectivity index (χ3n) is 3.37. The number of hydrogen-bond donors (Lipinski definition) is 1. The molecule has 1 amide bonds. The second kappa shape index (κ2) is 7.32. The van der Waals surface area contributed by atoms with E-state index in [9.17, 15) is 4.79 Å². The van der Waals surface area contributed by atoms with Gasteiger partial charge >= 0.3 is 0 Å². The number of methoxy groups -OCH3 is 3. The van der Waals surface area contributed by atoms with Crippen molar-refractivity contribution in [2.75, 3.05) is 26.6 Å². The first-order valence-corrected chi connectivity index (χ1v) is 7.93. The molecule has 124 valence electrons. The summed E-state index contributed by atoms with van der Waals surface area (Å²) >= 11 is 1.46. The number of anilines is 1. The third-order valence-corrected chi connectivity index (χ3v) is 4.30. The molecule has 1 aromatic heterocycles. The van der Waals surface area contributed by atoms with Gasteiger partial charge in [-0.1, -0.05) is 6.92 Å². The molecule has 0 aliphatic carbocycles. The first-order chi connectivity index (χ1) is 11.0. The molecule has 0 saturated carbocycles. The van der Waals surface area contributed by atoms with Crippen LogP contribution in [0.1, 0.15) is 27.9 Å². The van der Waals surface area contributed by atoms with E-state index in [-0.39, 0.29) is 5.91 Å². The Bertz CT molecular complexity index is 687. The molecule has 0 radical (unpaired) electrons. The molecule has 0 fully saturated rings. The second-order valence-electron chi connectivity index (χ2n) is 4.74. The number of thiazole rings is 1. The van der Waals surface area contributed by atoms with Gasteiger partial charge in [0.2, 0.25) is 5.75 Å². The summed E-state index contributed by atoms with van der Waals surface area (Å²) in [5.74, 6) is 1.04. The minimum atomic E-state index is -0.277. The van der Waals surface area contributed by atoms with Gasteiger partial charge in [-0.3, -0.25) is 10.1 Å². The predicted molar refractivity (Wildman–Crippen MR) is 90.3 cm³/mol. The van der Waals surface area contributed by atoms with Crippen LogP contribution in [0.15, 0.2) is 12.1 Å². The summed E-state index contributed by atoms with van der Waals surface area (Å²) in [6.07, 6.45) is 0.836. The van der Waals surface area contributed by atoms with Crippen LogP contribution in [-0.2, 0) is 6.42 Å². The van der Waals surface area contributed by atoms with Crippen LogP contribution in [0.5, 0.6) is 17.2 Å². The van der Waals surface area contributed by atoms with E-state index in [1.165, 1.54) is 32.7 Å². The lowest BCUT2D eigenvalue weighted by molar-refractivity contribution is 0.102. The first kappa shape index (κ1) is 17.1. The SMILES string of the molecule is CCc1nc(NC(=O)c2cc(OC)c(OC)c(OC)c2)sc1C. The molecular formula is C16H20N2O4S. The molecule has 0 spiro atoms. The molecule has 0 aliphatic heterocycles. The molecule has 2 aromatic rings. The zero-order valence-electron chi connectivity index (χ0n) is 13.9. The van der Waals surface area contributed by atoms with Crippen LogP contribution >= 0.6 is 11.3 Å². The van der Waals surface area contributed by atoms with E-state index in [1.807, 2.05) is 13.8 Å². The number of nitrogens with one attached hydrogen (secondary N) is 1. The number of ether oxygens (including phenoxy) is 3. The molecule has 1 heterocycles. The zero-order valence-corrected chi connectivity index (χ0v) is 14.7. The number of carbonyl (C=O) groups excluding carboxylic acids is 1. The Morgan fingerprint density at radius 2 is 1.78 bits per heavy atom. The quantitative estimate of drug-likeness (QED) is 0.876. The fraction of sp³-hybridized carbons (Fsp3) is 0.375. The van der Waals surface area contributed by atoms with Gasteiger partial charge in [0.05, 0.1) is 27.0 Å². The van der Waals surface area contributed by atoms with Crippen LogP contribution < -0.4 is 19.5 Å². The van der Waals surface area contributed by atoms with Gasteiger partial charge in [0.15, 0.2) is 16.6 Å². The highest BCUT2D eigenvalue weighted by Gasteiger charge is 2.18. The average molecular weight is 336 g/mol. The lowest BCUT2D eigenvalue weighted by atomic mass is 10.1. The summed E-state index contributed by atoms with van der Waals surface area (Å²) in [5.41, 5.74) is 1.40. The van der Waals surface area contributed by atoms with Crippen molar-refractivity contribution in [1.82, 2.24) is 4.98 Å². The number of carbonyl (C=O) groups is 1. The van der Waals surface area contributed by atoms with E-state index in [0.29, 0.717) is 27.9 Å². The first-order valence-electron chi connectivity index (χ1n) is 7.11. The molecular weight excluding hydrogens is 316 g/mol. The van der Waals surface area contributed by atoms with E-state index >= 15 is 0 Å². The van der Waals surface area contributed by atoms with E-state index in [1.54, 1.807) is 12.1 Å². The number of amides is 1. The van der Waals surface area contributed by atoms with Crippen LogP contribution in [0.3, 0.4) is 0 Å².